The van der Waals surface area contributed by atoms with E-state index in [4.69, 9.17) is 5.73 Å². The van der Waals surface area contributed by atoms with Crippen molar-refractivity contribution in [2.75, 3.05) is 19.6 Å². The lowest BCUT2D eigenvalue weighted by molar-refractivity contribution is 0.0788. The van der Waals surface area contributed by atoms with Crippen LogP contribution in [0.2, 0.25) is 0 Å². The lowest BCUT2D eigenvalue weighted by Crippen LogP contribution is -2.30. The molecule has 0 spiro atoms. The Morgan fingerprint density at radius 1 is 1.43 bits per heavy atom. The molecule has 1 atom stereocenters. The number of likely N-dealkylation sites (tertiary alicyclic amines) is 1. The molecule has 6 nitrogen and oxygen atoms in total. The summed E-state index contributed by atoms with van der Waals surface area (Å²) in [6.07, 6.45) is 0.978. The average molecular weight is 287 g/mol. The van der Waals surface area contributed by atoms with E-state index < -0.39 is 0 Å². The maximum Gasteiger partial charge on any atom is 0.259 e. The van der Waals surface area contributed by atoms with Gasteiger partial charge in [-0.25, -0.2) is 9.50 Å². The molecule has 1 aliphatic rings. The maximum atomic E-state index is 12.8. The van der Waals surface area contributed by atoms with Crippen LogP contribution in [-0.4, -0.2) is 45.0 Å². The van der Waals surface area contributed by atoms with Crippen LogP contribution in [0.1, 0.15) is 33.9 Å². The zero-order valence-electron chi connectivity index (χ0n) is 12.8. The summed E-state index contributed by atoms with van der Waals surface area (Å²) in [4.78, 5) is 19.2. The van der Waals surface area contributed by atoms with Gasteiger partial charge >= 0.3 is 0 Å². The van der Waals surface area contributed by atoms with Crippen LogP contribution >= 0.6 is 0 Å². The number of aryl methyl sites for hydroxylation is 3. The van der Waals surface area contributed by atoms with Crippen molar-refractivity contribution in [2.45, 2.75) is 27.2 Å². The highest BCUT2D eigenvalue weighted by molar-refractivity contribution is 6.01. The van der Waals surface area contributed by atoms with E-state index in [1.807, 2.05) is 31.7 Å². The third-order valence-corrected chi connectivity index (χ3v) is 4.19. The first-order valence-corrected chi connectivity index (χ1v) is 7.34. The first kappa shape index (κ1) is 14.0. The predicted octanol–water partition coefficient (Wildman–Crippen LogP) is 1.08. The zero-order valence-corrected chi connectivity index (χ0v) is 12.8. The molecule has 1 amide bonds. The van der Waals surface area contributed by atoms with Gasteiger partial charge in [-0.3, -0.25) is 4.79 Å². The number of aromatic nitrogens is 3. The number of hydrogen-bond acceptors (Lipinski definition) is 4. The zero-order chi connectivity index (χ0) is 15.1. The van der Waals surface area contributed by atoms with Gasteiger partial charge in [0.2, 0.25) is 0 Å². The summed E-state index contributed by atoms with van der Waals surface area (Å²) in [5, 5.41) is 4.47. The standard InChI is InChI=1S/C15H21N5O/c1-9-6-10(2)20-14(17-9)13(11(3)18-20)15(21)19-5-4-12(7-16)8-19/h6,12H,4-5,7-8,16H2,1-3H3. The van der Waals surface area contributed by atoms with Crippen LogP contribution in [0.25, 0.3) is 5.65 Å². The largest absolute Gasteiger partial charge is 0.338 e. The summed E-state index contributed by atoms with van der Waals surface area (Å²) < 4.78 is 1.76. The Hall–Kier alpha value is -1.95. The summed E-state index contributed by atoms with van der Waals surface area (Å²) in [7, 11) is 0. The Labute approximate surface area is 123 Å². The number of nitrogens with zero attached hydrogens (tertiary/aromatic N) is 4. The molecule has 0 aliphatic carbocycles. The Morgan fingerprint density at radius 3 is 2.86 bits per heavy atom. The lowest BCUT2D eigenvalue weighted by Gasteiger charge is -2.16. The molecule has 2 N–H and O–H groups in total. The van der Waals surface area contributed by atoms with Gasteiger partial charge in [0.05, 0.1) is 5.69 Å². The number of fused-ring (bicyclic) bond motifs is 1. The molecule has 2 aromatic heterocycles. The molecular weight excluding hydrogens is 266 g/mol. The second kappa shape index (κ2) is 5.11. The number of nitrogens with two attached hydrogens (primary N) is 1. The average Bonchev–Trinajstić information content (AvgIpc) is 3.02. The van der Waals surface area contributed by atoms with E-state index in [1.165, 1.54) is 0 Å². The highest BCUT2D eigenvalue weighted by Crippen LogP contribution is 2.22. The molecule has 1 unspecified atom stereocenters. The first-order valence-electron chi connectivity index (χ1n) is 7.34. The van der Waals surface area contributed by atoms with Gasteiger partial charge < -0.3 is 10.6 Å². The van der Waals surface area contributed by atoms with Crippen molar-refractivity contribution in [3.63, 3.8) is 0 Å². The first-order chi connectivity index (χ1) is 10.0. The van der Waals surface area contributed by atoms with Crippen LogP contribution in [0.4, 0.5) is 0 Å². The third-order valence-electron chi connectivity index (χ3n) is 4.19. The van der Waals surface area contributed by atoms with Gasteiger partial charge in [-0.2, -0.15) is 5.10 Å². The van der Waals surface area contributed by atoms with Crippen molar-refractivity contribution in [1.82, 2.24) is 19.5 Å². The van der Waals surface area contributed by atoms with Crippen LogP contribution in [0, 0.1) is 26.7 Å². The lowest BCUT2D eigenvalue weighted by atomic mass is 10.1. The highest BCUT2D eigenvalue weighted by Gasteiger charge is 2.29. The normalized spacial score (nSPS) is 18.7. The molecule has 21 heavy (non-hydrogen) atoms. The Bertz CT molecular complexity index is 706. The van der Waals surface area contributed by atoms with Crippen LogP contribution in [0.5, 0.6) is 0 Å². The molecule has 0 aromatic carbocycles. The molecule has 112 valence electrons. The van der Waals surface area contributed by atoms with E-state index in [-0.39, 0.29) is 5.91 Å². The Kier molecular flexibility index (Phi) is 3.41. The van der Waals surface area contributed by atoms with Gasteiger partial charge in [-0.05, 0) is 45.7 Å². The number of carbonyl (C=O) groups excluding carboxylic acids is 1. The van der Waals surface area contributed by atoms with Gasteiger partial charge in [0.15, 0.2) is 5.65 Å². The van der Waals surface area contributed by atoms with Crippen LogP contribution in [-0.2, 0) is 0 Å². The topological polar surface area (TPSA) is 76.5 Å². The van der Waals surface area contributed by atoms with E-state index in [9.17, 15) is 4.79 Å². The summed E-state index contributed by atoms with van der Waals surface area (Å²) in [6.45, 7) is 7.91. The maximum absolute atomic E-state index is 12.8. The van der Waals surface area contributed by atoms with Crippen molar-refractivity contribution in [3.05, 3.63) is 28.7 Å². The molecule has 1 saturated heterocycles. The van der Waals surface area contributed by atoms with Crippen LogP contribution < -0.4 is 5.73 Å². The van der Waals surface area contributed by atoms with E-state index in [1.54, 1.807) is 4.52 Å². The third kappa shape index (κ3) is 2.29. The van der Waals surface area contributed by atoms with E-state index in [0.717, 1.165) is 36.6 Å². The number of rotatable bonds is 2. The van der Waals surface area contributed by atoms with Crippen LogP contribution in [0.3, 0.4) is 0 Å². The monoisotopic (exact) mass is 287 g/mol. The fourth-order valence-corrected chi connectivity index (χ4v) is 3.05. The molecule has 1 aliphatic heterocycles. The van der Waals surface area contributed by atoms with Gasteiger partial charge in [0.1, 0.15) is 5.56 Å². The summed E-state index contributed by atoms with van der Waals surface area (Å²) in [5.41, 5.74) is 9.61. The minimum atomic E-state index is 0.0240. The van der Waals surface area contributed by atoms with Gasteiger partial charge in [0.25, 0.3) is 5.91 Å². The summed E-state index contributed by atoms with van der Waals surface area (Å²) >= 11 is 0. The molecular formula is C15H21N5O. The van der Waals surface area contributed by atoms with Gasteiger partial charge in [-0.1, -0.05) is 0 Å². The van der Waals surface area contributed by atoms with E-state index in [0.29, 0.717) is 23.7 Å². The van der Waals surface area contributed by atoms with Crippen molar-refractivity contribution in [2.24, 2.45) is 11.7 Å². The molecule has 1 fully saturated rings. The summed E-state index contributed by atoms with van der Waals surface area (Å²) in [6, 6.07) is 1.97. The second-order valence-corrected chi connectivity index (χ2v) is 5.88. The number of amides is 1. The molecule has 6 heteroatoms. The van der Waals surface area contributed by atoms with Gasteiger partial charge in [-0.15, -0.1) is 0 Å². The second-order valence-electron chi connectivity index (χ2n) is 5.88. The van der Waals surface area contributed by atoms with Gasteiger partial charge in [0, 0.05) is 24.5 Å². The Balaban J connectivity index is 2.04. The van der Waals surface area contributed by atoms with E-state index in [2.05, 4.69) is 10.1 Å². The quantitative estimate of drug-likeness (QED) is 0.896. The smallest absolute Gasteiger partial charge is 0.259 e. The molecule has 0 radical (unpaired) electrons. The number of carbonyl (C=O) groups is 1. The van der Waals surface area contributed by atoms with Crippen LogP contribution in [0.15, 0.2) is 6.07 Å². The fourth-order valence-electron chi connectivity index (χ4n) is 3.05. The van der Waals surface area contributed by atoms with E-state index >= 15 is 0 Å². The Morgan fingerprint density at radius 2 is 2.19 bits per heavy atom. The van der Waals surface area contributed by atoms with Crippen molar-refractivity contribution in [1.29, 1.82) is 0 Å². The minimum Gasteiger partial charge on any atom is -0.338 e. The van der Waals surface area contributed by atoms with Crippen molar-refractivity contribution >= 4 is 11.6 Å². The summed E-state index contributed by atoms with van der Waals surface area (Å²) in [5.74, 6) is 0.434. The fraction of sp³-hybridized carbons (Fsp3) is 0.533. The van der Waals surface area contributed by atoms with Crippen molar-refractivity contribution < 1.29 is 4.79 Å². The van der Waals surface area contributed by atoms with Crippen molar-refractivity contribution in [3.8, 4) is 0 Å². The molecule has 3 heterocycles. The molecule has 3 rings (SSSR count). The number of hydrogen-bond donors (Lipinski definition) is 1. The molecule has 2 aromatic rings. The highest BCUT2D eigenvalue weighted by atomic mass is 16.2. The predicted molar refractivity (Wildman–Crippen MR) is 80.3 cm³/mol. The molecule has 0 bridgehead atoms. The SMILES string of the molecule is Cc1cc(C)n2nc(C)c(C(=O)N3CCC(CN)C3)c2n1. The molecule has 0 saturated carbocycles. The minimum absolute atomic E-state index is 0.0240.